The normalized spacial score (nSPS) is 14.3. The van der Waals surface area contributed by atoms with E-state index in [1.165, 1.54) is 19.3 Å². The highest BCUT2D eigenvalue weighted by atomic mass is 16.5. The molecule has 0 aliphatic heterocycles. The maximum absolute atomic E-state index is 12.9. The van der Waals surface area contributed by atoms with Crippen molar-refractivity contribution in [2.75, 3.05) is 14.2 Å². The lowest BCUT2D eigenvalue weighted by molar-refractivity contribution is 0.0951. The van der Waals surface area contributed by atoms with Crippen molar-refractivity contribution in [3.05, 3.63) is 66.1 Å². The summed E-state index contributed by atoms with van der Waals surface area (Å²) in [6.07, 6.45) is 9.43. The van der Waals surface area contributed by atoms with Crippen LogP contribution in [0.15, 0.2) is 59.4 Å². The van der Waals surface area contributed by atoms with Crippen LogP contribution in [-0.2, 0) is 6.54 Å². The molecular formula is C27H29N3O4. The van der Waals surface area contributed by atoms with Crippen molar-refractivity contribution in [1.29, 1.82) is 0 Å². The van der Waals surface area contributed by atoms with Gasteiger partial charge in [0.25, 0.3) is 5.91 Å². The molecule has 0 bridgehead atoms. The molecule has 1 saturated carbocycles. The van der Waals surface area contributed by atoms with E-state index in [4.69, 9.17) is 18.9 Å². The third-order valence-corrected chi connectivity index (χ3v) is 6.57. The van der Waals surface area contributed by atoms with Gasteiger partial charge in [-0.3, -0.25) is 4.79 Å². The minimum Gasteiger partial charge on any atom is -0.493 e. The van der Waals surface area contributed by atoms with Gasteiger partial charge in [-0.1, -0.05) is 25.3 Å². The van der Waals surface area contributed by atoms with E-state index >= 15 is 0 Å². The van der Waals surface area contributed by atoms with Crippen LogP contribution in [0.4, 0.5) is 0 Å². The Labute approximate surface area is 198 Å². The Hall–Kier alpha value is -3.74. The Morgan fingerprint density at radius 1 is 1.06 bits per heavy atom. The van der Waals surface area contributed by atoms with Crippen molar-refractivity contribution >= 4 is 16.9 Å². The van der Waals surface area contributed by atoms with Gasteiger partial charge in [0.15, 0.2) is 11.5 Å². The number of aromatic nitrogens is 2. The molecule has 0 unspecified atom stereocenters. The molecule has 1 fully saturated rings. The van der Waals surface area contributed by atoms with Crippen molar-refractivity contribution in [3.8, 4) is 22.9 Å². The molecule has 5 rings (SSSR count). The van der Waals surface area contributed by atoms with Gasteiger partial charge in [-0.05, 0) is 54.8 Å². The number of furan rings is 1. The summed E-state index contributed by atoms with van der Waals surface area (Å²) in [5, 5.41) is 3.00. The monoisotopic (exact) mass is 459 g/mol. The second-order valence-corrected chi connectivity index (χ2v) is 8.68. The second kappa shape index (κ2) is 9.63. The van der Waals surface area contributed by atoms with Crippen molar-refractivity contribution < 1.29 is 18.7 Å². The van der Waals surface area contributed by atoms with Gasteiger partial charge >= 0.3 is 0 Å². The number of carbonyl (C=O) groups is 1. The van der Waals surface area contributed by atoms with Crippen LogP contribution in [0.5, 0.6) is 11.5 Å². The fourth-order valence-electron chi connectivity index (χ4n) is 4.82. The highest BCUT2D eigenvalue weighted by molar-refractivity contribution is 5.97. The van der Waals surface area contributed by atoms with Crippen LogP contribution in [0.25, 0.3) is 22.4 Å². The number of amides is 1. The summed E-state index contributed by atoms with van der Waals surface area (Å²) in [6, 6.07) is 13.7. The maximum atomic E-state index is 12.9. The molecule has 2 aromatic carbocycles. The Balaban J connectivity index is 1.41. The van der Waals surface area contributed by atoms with Crippen LogP contribution >= 0.6 is 0 Å². The number of benzene rings is 2. The molecule has 2 heterocycles. The molecule has 176 valence electrons. The van der Waals surface area contributed by atoms with Gasteiger partial charge in [0.05, 0.1) is 37.1 Å². The van der Waals surface area contributed by atoms with Crippen LogP contribution < -0.4 is 14.8 Å². The number of rotatable bonds is 7. The quantitative estimate of drug-likeness (QED) is 0.381. The third kappa shape index (κ3) is 4.25. The lowest BCUT2D eigenvalue weighted by Gasteiger charge is -2.25. The Kier molecular flexibility index (Phi) is 6.25. The first kappa shape index (κ1) is 22.1. The van der Waals surface area contributed by atoms with Crippen LogP contribution in [0, 0.1) is 0 Å². The number of nitrogens with one attached hydrogen (secondary N) is 1. The molecule has 0 spiro atoms. The zero-order valence-corrected chi connectivity index (χ0v) is 19.5. The number of methoxy groups -OCH3 is 2. The van der Waals surface area contributed by atoms with Gasteiger partial charge < -0.3 is 23.8 Å². The number of imidazole rings is 1. The first-order valence-electron chi connectivity index (χ1n) is 11.7. The molecule has 2 aromatic heterocycles. The van der Waals surface area contributed by atoms with Crippen molar-refractivity contribution in [2.45, 2.75) is 44.7 Å². The summed E-state index contributed by atoms with van der Waals surface area (Å²) >= 11 is 0. The minimum absolute atomic E-state index is 0.145. The number of hydrogen-bond acceptors (Lipinski definition) is 5. The molecule has 0 radical (unpaired) electrons. The van der Waals surface area contributed by atoms with Crippen LogP contribution in [0.3, 0.4) is 0 Å². The first-order chi connectivity index (χ1) is 16.7. The standard InChI is InChI=1S/C27H29N3O4/c1-32-24-11-8-18(14-25(24)33-2)16-28-27(31)19-9-10-23-22(15-19)29-26(20-12-13-34-17-20)30(23)21-6-4-3-5-7-21/h8-15,17,21H,3-7,16H2,1-2H3,(H,28,31). The van der Waals surface area contributed by atoms with E-state index in [-0.39, 0.29) is 5.91 Å². The maximum Gasteiger partial charge on any atom is 0.251 e. The summed E-state index contributed by atoms with van der Waals surface area (Å²) in [5.74, 6) is 2.05. The van der Waals surface area contributed by atoms with E-state index in [0.29, 0.717) is 29.6 Å². The van der Waals surface area contributed by atoms with E-state index < -0.39 is 0 Å². The fourth-order valence-corrected chi connectivity index (χ4v) is 4.82. The molecule has 34 heavy (non-hydrogen) atoms. The van der Waals surface area contributed by atoms with Gasteiger partial charge in [-0.15, -0.1) is 0 Å². The van der Waals surface area contributed by atoms with E-state index in [1.807, 2.05) is 42.5 Å². The molecule has 4 aromatic rings. The smallest absolute Gasteiger partial charge is 0.251 e. The highest BCUT2D eigenvalue weighted by Crippen LogP contribution is 2.36. The van der Waals surface area contributed by atoms with Gasteiger partial charge in [0.2, 0.25) is 0 Å². The van der Waals surface area contributed by atoms with E-state index in [1.54, 1.807) is 26.7 Å². The lowest BCUT2D eigenvalue weighted by Crippen LogP contribution is -2.22. The molecule has 1 aliphatic carbocycles. The van der Waals surface area contributed by atoms with Crippen LogP contribution in [0.2, 0.25) is 0 Å². The molecule has 0 atom stereocenters. The molecule has 1 N–H and O–H groups in total. The predicted molar refractivity (Wildman–Crippen MR) is 130 cm³/mol. The lowest BCUT2D eigenvalue weighted by atomic mass is 9.95. The number of nitrogens with zero attached hydrogens (tertiary/aromatic N) is 2. The minimum atomic E-state index is -0.145. The van der Waals surface area contributed by atoms with E-state index in [2.05, 4.69) is 9.88 Å². The van der Waals surface area contributed by atoms with Crippen molar-refractivity contribution in [1.82, 2.24) is 14.9 Å². The number of hydrogen-bond donors (Lipinski definition) is 1. The summed E-state index contributed by atoms with van der Waals surface area (Å²) < 4.78 is 18.3. The highest BCUT2D eigenvalue weighted by Gasteiger charge is 2.23. The van der Waals surface area contributed by atoms with Crippen molar-refractivity contribution in [3.63, 3.8) is 0 Å². The van der Waals surface area contributed by atoms with Gasteiger partial charge in [0, 0.05) is 18.2 Å². The third-order valence-electron chi connectivity index (χ3n) is 6.57. The molecule has 0 saturated heterocycles. The van der Waals surface area contributed by atoms with Crippen molar-refractivity contribution in [2.24, 2.45) is 0 Å². The topological polar surface area (TPSA) is 78.5 Å². The average molecular weight is 460 g/mol. The average Bonchev–Trinajstić information content (AvgIpc) is 3.55. The van der Waals surface area contributed by atoms with Gasteiger partial charge in [0.1, 0.15) is 12.1 Å². The van der Waals surface area contributed by atoms with Crippen LogP contribution in [0.1, 0.15) is 54.1 Å². The molecule has 1 amide bonds. The van der Waals surface area contributed by atoms with Gasteiger partial charge in [-0.25, -0.2) is 4.98 Å². The SMILES string of the molecule is COc1ccc(CNC(=O)c2ccc3c(c2)nc(-c2ccoc2)n3C2CCCCC2)cc1OC. The Bertz CT molecular complexity index is 1290. The summed E-state index contributed by atoms with van der Waals surface area (Å²) in [4.78, 5) is 17.9. The summed E-state index contributed by atoms with van der Waals surface area (Å²) in [6.45, 7) is 0.383. The number of fused-ring (bicyclic) bond motifs is 1. The molecule has 7 heteroatoms. The number of ether oxygens (including phenoxy) is 2. The molecular weight excluding hydrogens is 430 g/mol. The van der Waals surface area contributed by atoms with E-state index in [9.17, 15) is 4.79 Å². The fraction of sp³-hybridized carbons (Fsp3) is 0.333. The molecule has 1 aliphatic rings. The Morgan fingerprint density at radius 3 is 2.62 bits per heavy atom. The zero-order chi connectivity index (χ0) is 23.5. The Morgan fingerprint density at radius 2 is 1.88 bits per heavy atom. The summed E-state index contributed by atoms with van der Waals surface area (Å²) in [7, 11) is 3.20. The summed E-state index contributed by atoms with van der Waals surface area (Å²) in [5.41, 5.74) is 4.34. The first-order valence-corrected chi connectivity index (χ1v) is 11.7. The molecule has 7 nitrogen and oxygen atoms in total. The van der Waals surface area contributed by atoms with E-state index in [0.717, 1.165) is 40.8 Å². The number of carbonyl (C=O) groups excluding carboxylic acids is 1. The van der Waals surface area contributed by atoms with Crippen LogP contribution in [-0.4, -0.2) is 29.7 Å². The van der Waals surface area contributed by atoms with Gasteiger partial charge in [-0.2, -0.15) is 0 Å². The second-order valence-electron chi connectivity index (χ2n) is 8.68. The predicted octanol–water partition coefficient (Wildman–Crippen LogP) is 5.75. The largest absolute Gasteiger partial charge is 0.493 e. The zero-order valence-electron chi connectivity index (χ0n) is 19.5.